The van der Waals surface area contributed by atoms with Gasteiger partial charge in [-0.2, -0.15) is 0 Å². The highest BCUT2D eigenvalue weighted by atomic mass is 79.9. The van der Waals surface area contributed by atoms with E-state index in [1.54, 1.807) is 24.4 Å². The van der Waals surface area contributed by atoms with Gasteiger partial charge < -0.3 is 5.32 Å². The Hall–Kier alpha value is -0.960. The largest absolute Gasteiger partial charge is 0.317 e. The highest BCUT2D eigenvalue weighted by Crippen LogP contribution is 2.26. The zero-order valence-corrected chi connectivity index (χ0v) is 14.7. The van der Waals surface area contributed by atoms with Crippen molar-refractivity contribution in [1.82, 2.24) is 10.3 Å². The summed E-state index contributed by atoms with van der Waals surface area (Å²) < 4.78 is 28.0. The molecular formula is C13H16BrN3O2S2. The molecule has 0 radical (unpaired) electrons. The zero-order valence-electron chi connectivity index (χ0n) is 11.5. The van der Waals surface area contributed by atoms with Gasteiger partial charge in [0.1, 0.15) is 4.21 Å². The third-order valence-corrected chi connectivity index (χ3v) is 6.31. The van der Waals surface area contributed by atoms with Crippen LogP contribution in [0.15, 0.2) is 39.1 Å². The summed E-state index contributed by atoms with van der Waals surface area (Å²) in [6.45, 7) is 3.79. The Morgan fingerprint density at radius 2 is 2.14 bits per heavy atom. The first-order valence-electron chi connectivity index (χ1n) is 6.45. The molecule has 2 aromatic rings. The Balaban J connectivity index is 2.11. The maximum Gasteiger partial charge on any atom is 0.272 e. The maximum absolute atomic E-state index is 12.3. The van der Waals surface area contributed by atoms with Crippen LogP contribution in [0.3, 0.4) is 0 Å². The second kappa shape index (κ2) is 7.35. The minimum absolute atomic E-state index is 0.292. The fourth-order valence-corrected chi connectivity index (χ4v) is 4.53. The number of anilines is 1. The van der Waals surface area contributed by atoms with Crippen molar-refractivity contribution >= 4 is 43.1 Å². The minimum atomic E-state index is -3.59. The first kappa shape index (κ1) is 16.4. The van der Waals surface area contributed by atoms with E-state index in [1.165, 1.54) is 11.3 Å². The molecule has 0 fully saturated rings. The highest BCUT2D eigenvalue weighted by Gasteiger charge is 2.18. The van der Waals surface area contributed by atoms with Crippen LogP contribution in [0.2, 0.25) is 0 Å². The van der Waals surface area contributed by atoms with Crippen LogP contribution in [0.1, 0.15) is 11.8 Å². The number of thiophene rings is 1. The van der Waals surface area contributed by atoms with Gasteiger partial charge in [0.05, 0.1) is 4.47 Å². The third kappa shape index (κ3) is 4.50. The predicted octanol–water partition coefficient (Wildman–Crippen LogP) is 2.86. The van der Waals surface area contributed by atoms with E-state index in [0.717, 1.165) is 24.4 Å². The molecule has 2 heterocycles. The lowest BCUT2D eigenvalue weighted by atomic mass is 10.3. The van der Waals surface area contributed by atoms with Gasteiger partial charge in [0.2, 0.25) is 0 Å². The third-order valence-electron chi connectivity index (χ3n) is 2.69. The van der Waals surface area contributed by atoms with Crippen LogP contribution < -0.4 is 10.0 Å². The van der Waals surface area contributed by atoms with Crippen LogP contribution >= 0.6 is 27.3 Å². The number of hydrogen-bond acceptors (Lipinski definition) is 5. The molecule has 0 bridgehead atoms. The Morgan fingerprint density at radius 3 is 2.86 bits per heavy atom. The summed E-state index contributed by atoms with van der Waals surface area (Å²) in [5, 5.41) is 3.22. The van der Waals surface area contributed by atoms with Crippen molar-refractivity contribution in [3.05, 3.63) is 39.8 Å². The number of hydrogen-bond donors (Lipinski definition) is 2. The Bertz CT molecular complexity index is 701. The number of nitrogens with zero attached hydrogens (tertiary/aromatic N) is 1. The molecule has 0 amide bonds. The topological polar surface area (TPSA) is 71.1 Å². The van der Waals surface area contributed by atoms with Gasteiger partial charge in [-0.25, -0.2) is 13.4 Å². The molecule has 8 heteroatoms. The number of pyridine rings is 1. The Labute approximate surface area is 137 Å². The van der Waals surface area contributed by atoms with Crippen LogP contribution in [-0.4, -0.2) is 26.5 Å². The molecule has 2 rings (SSSR count). The number of aromatic nitrogens is 1. The van der Waals surface area contributed by atoms with Crippen molar-refractivity contribution in [3.8, 4) is 0 Å². The van der Waals surface area contributed by atoms with Crippen molar-refractivity contribution in [1.29, 1.82) is 0 Å². The number of nitrogens with one attached hydrogen (secondary N) is 2. The lowest BCUT2D eigenvalue weighted by Gasteiger charge is -2.06. The van der Waals surface area contributed by atoms with Gasteiger partial charge in [0.25, 0.3) is 10.0 Å². The van der Waals surface area contributed by atoms with Crippen molar-refractivity contribution in [2.45, 2.75) is 17.6 Å². The maximum atomic E-state index is 12.3. The zero-order chi connectivity index (χ0) is 15.3. The van der Waals surface area contributed by atoms with Gasteiger partial charge >= 0.3 is 0 Å². The van der Waals surface area contributed by atoms with E-state index in [-0.39, 0.29) is 0 Å². The lowest BCUT2D eigenvalue weighted by molar-refractivity contribution is 0.603. The average Bonchev–Trinajstić information content (AvgIpc) is 2.91. The van der Waals surface area contributed by atoms with E-state index in [1.807, 2.05) is 13.0 Å². The quantitative estimate of drug-likeness (QED) is 0.714. The summed E-state index contributed by atoms with van der Waals surface area (Å²) >= 11 is 4.56. The summed E-state index contributed by atoms with van der Waals surface area (Å²) in [5.74, 6) is 0.292. The summed E-state index contributed by atoms with van der Waals surface area (Å²) in [6, 6.07) is 6.95. The minimum Gasteiger partial charge on any atom is -0.317 e. The molecule has 0 unspecified atom stereocenters. The molecule has 0 aliphatic rings. The first-order chi connectivity index (χ1) is 10.0. The monoisotopic (exact) mass is 389 g/mol. The Kier molecular flexibility index (Phi) is 5.74. The van der Waals surface area contributed by atoms with Gasteiger partial charge in [-0.05, 0) is 59.7 Å². The van der Waals surface area contributed by atoms with Crippen molar-refractivity contribution < 1.29 is 8.42 Å². The van der Waals surface area contributed by atoms with Gasteiger partial charge in [-0.3, -0.25) is 4.72 Å². The van der Waals surface area contributed by atoms with Crippen molar-refractivity contribution in [2.75, 3.05) is 17.8 Å². The van der Waals surface area contributed by atoms with Crippen LogP contribution in [0, 0.1) is 0 Å². The lowest BCUT2D eigenvalue weighted by Crippen LogP contribution is -2.15. The normalized spacial score (nSPS) is 11.5. The molecule has 0 spiro atoms. The predicted molar refractivity (Wildman–Crippen MR) is 89.3 cm³/mol. The van der Waals surface area contributed by atoms with Crippen LogP contribution in [-0.2, 0) is 16.4 Å². The fourth-order valence-electron chi connectivity index (χ4n) is 1.66. The van der Waals surface area contributed by atoms with Crippen molar-refractivity contribution in [2.24, 2.45) is 0 Å². The Morgan fingerprint density at radius 1 is 1.33 bits per heavy atom. The van der Waals surface area contributed by atoms with E-state index in [9.17, 15) is 8.42 Å². The second-order valence-corrected chi connectivity index (χ2v) is 8.20. The summed E-state index contributed by atoms with van der Waals surface area (Å²) in [4.78, 5) is 5.05. The molecule has 0 atom stereocenters. The smallest absolute Gasteiger partial charge is 0.272 e. The van der Waals surface area contributed by atoms with E-state index >= 15 is 0 Å². The standard InChI is InChI=1S/C13H16BrN3O2S2/c1-2-15-9-7-10-5-6-12(20-10)21(18,19)17-13-11(14)4-3-8-16-13/h3-6,8,15H,2,7,9H2,1H3,(H,16,17). The highest BCUT2D eigenvalue weighted by molar-refractivity contribution is 9.10. The molecule has 0 aromatic carbocycles. The summed E-state index contributed by atoms with van der Waals surface area (Å²) in [6.07, 6.45) is 2.36. The molecule has 0 aliphatic heterocycles. The second-order valence-electron chi connectivity index (χ2n) is 4.26. The summed E-state index contributed by atoms with van der Waals surface area (Å²) in [7, 11) is -3.59. The summed E-state index contributed by atoms with van der Waals surface area (Å²) in [5.41, 5.74) is 0. The molecule has 21 heavy (non-hydrogen) atoms. The molecule has 0 aliphatic carbocycles. The average molecular weight is 390 g/mol. The van der Waals surface area contributed by atoms with Gasteiger partial charge in [-0.15, -0.1) is 11.3 Å². The van der Waals surface area contributed by atoms with E-state index in [4.69, 9.17) is 0 Å². The van der Waals surface area contributed by atoms with Crippen LogP contribution in [0.25, 0.3) is 0 Å². The SMILES string of the molecule is CCNCCc1ccc(S(=O)(=O)Nc2ncccc2Br)s1. The van der Waals surface area contributed by atoms with Gasteiger partial charge in [-0.1, -0.05) is 6.92 Å². The molecule has 0 saturated heterocycles. The van der Waals surface area contributed by atoms with Crippen molar-refractivity contribution in [3.63, 3.8) is 0 Å². The van der Waals surface area contributed by atoms with E-state index < -0.39 is 10.0 Å². The number of sulfonamides is 1. The van der Waals surface area contributed by atoms with Crippen LogP contribution in [0.5, 0.6) is 0 Å². The van der Waals surface area contributed by atoms with E-state index in [0.29, 0.717) is 14.5 Å². The van der Waals surface area contributed by atoms with Crippen LogP contribution in [0.4, 0.5) is 5.82 Å². The molecule has 0 saturated carbocycles. The number of likely N-dealkylation sites (N-methyl/N-ethyl adjacent to an activating group) is 1. The van der Waals surface area contributed by atoms with E-state index in [2.05, 4.69) is 31.0 Å². The molecule has 2 N–H and O–H groups in total. The number of rotatable bonds is 7. The van der Waals surface area contributed by atoms with Gasteiger partial charge in [0, 0.05) is 11.1 Å². The molecular weight excluding hydrogens is 374 g/mol. The number of halogens is 1. The molecule has 114 valence electrons. The fraction of sp³-hybridized carbons (Fsp3) is 0.308. The molecule has 2 aromatic heterocycles. The molecule has 5 nitrogen and oxygen atoms in total. The first-order valence-corrected chi connectivity index (χ1v) is 9.55. The van der Waals surface area contributed by atoms with Gasteiger partial charge in [0.15, 0.2) is 5.82 Å².